The van der Waals surface area contributed by atoms with Crippen molar-refractivity contribution < 1.29 is 13.2 Å². The third-order valence-corrected chi connectivity index (χ3v) is 1.98. The smallest absolute Gasteiger partial charge is 0.390 e. The van der Waals surface area contributed by atoms with Gasteiger partial charge < -0.3 is 11.1 Å². The van der Waals surface area contributed by atoms with Crippen LogP contribution in [0.2, 0.25) is 5.28 Å². The largest absolute Gasteiger partial charge is 0.394 e. The summed E-state index contributed by atoms with van der Waals surface area (Å²) in [5.74, 6) is 0.127. The highest BCUT2D eigenvalue weighted by molar-refractivity contribution is 6.28. The van der Waals surface area contributed by atoms with Crippen molar-refractivity contribution in [3.8, 4) is 0 Å². The molecule has 0 fully saturated rings. The first kappa shape index (κ1) is 12.8. The summed E-state index contributed by atoms with van der Waals surface area (Å²) in [6.45, 7) is 1.29. The quantitative estimate of drug-likeness (QED) is 0.813. The summed E-state index contributed by atoms with van der Waals surface area (Å²) in [7, 11) is 0. The molecule has 16 heavy (non-hydrogen) atoms. The van der Waals surface area contributed by atoms with Gasteiger partial charge in [-0.25, -0.2) is 4.98 Å². The van der Waals surface area contributed by atoms with Crippen LogP contribution in [-0.4, -0.2) is 22.7 Å². The van der Waals surface area contributed by atoms with E-state index < -0.39 is 12.6 Å². The molecule has 1 aromatic heterocycles. The van der Waals surface area contributed by atoms with Crippen LogP contribution >= 0.6 is 11.6 Å². The van der Waals surface area contributed by atoms with Gasteiger partial charge in [0.15, 0.2) is 5.82 Å². The number of aryl methyl sites for hydroxylation is 1. The van der Waals surface area contributed by atoms with Crippen molar-refractivity contribution in [1.29, 1.82) is 0 Å². The van der Waals surface area contributed by atoms with Crippen molar-refractivity contribution in [2.45, 2.75) is 19.5 Å². The molecule has 0 radical (unpaired) electrons. The Kier molecular flexibility index (Phi) is 3.79. The van der Waals surface area contributed by atoms with Crippen LogP contribution in [0.5, 0.6) is 0 Å². The molecule has 0 aliphatic heterocycles. The Morgan fingerprint density at radius 1 is 1.38 bits per heavy atom. The molecule has 0 atom stereocenters. The molecule has 0 saturated heterocycles. The molecular formula is C8H10ClF3N4. The van der Waals surface area contributed by atoms with Crippen molar-refractivity contribution >= 4 is 23.1 Å². The van der Waals surface area contributed by atoms with Crippen molar-refractivity contribution in [1.82, 2.24) is 9.97 Å². The molecule has 0 spiro atoms. The van der Waals surface area contributed by atoms with Crippen molar-refractivity contribution in [3.05, 3.63) is 11.0 Å². The van der Waals surface area contributed by atoms with Gasteiger partial charge in [0.1, 0.15) is 0 Å². The van der Waals surface area contributed by atoms with E-state index >= 15 is 0 Å². The average molecular weight is 255 g/mol. The summed E-state index contributed by atoms with van der Waals surface area (Å²) in [6.07, 6.45) is -5.18. The van der Waals surface area contributed by atoms with Gasteiger partial charge in [0.25, 0.3) is 0 Å². The van der Waals surface area contributed by atoms with Gasteiger partial charge in [-0.05, 0) is 18.5 Å². The minimum atomic E-state index is -4.21. The predicted molar refractivity (Wildman–Crippen MR) is 55.4 cm³/mol. The number of halogens is 4. The van der Waals surface area contributed by atoms with E-state index in [0.717, 1.165) is 0 Å². The van der Waals surface area contributed by atoms with Crippen LogP contribution in [0.4, 0.5) is 24.7 Å². The van der Waals surface area contributed by atoms with Crippen LogP contribution in [0.1, 0.15) is 12.1 Å². The van der Waals surface area contributed by atoms with Crippen LogP contribution in [-0.2, 0) is 0 Å². The van der Waals surface area contributed by atoms with E-state index in [-0.39, 0.29) is 23.3 Å². The molecule has 0 saturated carbocycles. The third-order valence-electron chi connectivity index (χ3n) is 1.81. The number of nitrogens with two attached hydrogens (primary N) is 1. The molecule has 1 rings (SSSR count). The van der Waals surface area contributed by atoms with Crippen LogP contribution in [0, 0.1) is 6.92 Å². The van der Waals surface area contributed by atoms with Gasteiger partial charge in [0, 0.05) is 6.54 Å². The lowest BCUT2D eigenvalue weighted by Crippen LogP contribution is -2.16. The predicted octanol–water partition coefficient (Wildman–Crippen LogP) is 2.38. The van der Waals surface area contributed by atoms with Gasteiger partial charge >= 0.3 is 6.18 Å². The molecule has 0 aromatic carbocycles. The van der Waals surface area contributed by atoms with Crippen LogP contribution < -0.4 is 11.1 Å². The Morgan fingerprint density at radius 2 is 2.00 bits per heavy atom. The van der Waals surface area contributed by atoms with Gasteiger partial charge in [-0.1, -0.05) is 0 Å². The first-order valence-corrected chi connectivity index (χ1v) is 4.77. The molecule has 90 valence electrons. The van der Waals surface area contributed by atoms with Crippen LogP contribution in [0.15, 0.2) is 0 Å². The Hall–Kier alpha value is -1.24. The molecule has 0 unspecified atom stereocenters. The molecule has 1 aromatic rings. The number of hydrogen-bond donors (Lipinski definition) is 2. The summed E-state index contributed by atoms with van der Waals surface area (Å²) in [5, 5.41) is 2.42. The molecule has 0 amide bonds. The van der Waals surface area contributed by atoms with Crippen molar-refractivity contribution in [3.63, 3.8) is 0 Å². The molecule has 0 bridgehead atoms. The average Bonchev–Trinajstić information content (AvgIpc) is 2.11. The lowest BCUT2D eigenvalue weighted by Gasteiger charge is -2.11. The summed E-state index contributed by atoms with van der Waals surface area (Å²) < 4.78 is 35.7. The number of rotatable bonds is 3. The Morgan fingerprint density at radius 3 is 2.56 bits per heavy atom. The first-order chi connectivity index (χ1) is 7.29. The van der Waals surface area contributed by atoms with Gasteiger partial charge in [-0.2, -0.15) is 18.2 Å². The van der Waals surface area contributed by atoms with E-state index in [4.69, 9.17) is 17.3 Å². The first-order valence-electron chi connectivity index (χ1n) is 4.40. The molecule has 4 nitrogen and oxygen atoms in total. The zero-order valence-electron chi connectivity index (χ0n) is 8.40. The molecule has 0 aliphatic carbocycles. The molecular weight excluding hydrogens is 245 g/mol. The van der Waals surface area contributed by atoms with E-state index in [0.29, 0.717) is 5.69 Å². The summed E-state index contributed by atoms with van der Waals surface area (Å²) in [6, 6.07) is 0. The van der Waals surface area contributed by atoms with E-state index in [1.807, 2.05) is 0 Å². The third kappa shape index (κ3) is 3.73. The second kappa shape index (κ2) is 4.73. The SMILES string of the molecule is Cc1nc(Cl)nc(NCCC(F)(F)F)c1N. The monoisotopic (exact) mass is 254 g/mol. The maximum Gasteiger partial charge on any atom is 0.390 e. The highest BCUT2D eigenvalue weighted by Gasteiger charge is 2.26. The topological polar surface area (TPSA) is 63.8 Å². The maximum absolute atomic E-state index is 11.9. The minimum Gasteiger partial charge on any atom is -0.394 e. The molecule has 0 aliphatic rings. The van der Waals surface area contributed by atoms with E-state index in [1.54, 1.807) is 6.92 Å². The molecule has 1 heterocycles. The van der Waals surface area contributed by atoms with Crippen LogP contribution in [0.3, 0.4) is 0 Å². The fourth-order valence-corrected chi connectivity index (χ4v) is 1.22. The minimum absolute atomic E-state index is 0.0544. The number of anilines is 2. The standard InChI is InChI=1S/C8H10ClF3N4/c1-4-5(13)6(16-7(9)15-4)14-3-2-8(10,11)12/h2-3,13H2,1H3,(H,14,15,16). The second-order valence-electron chi connectivity index (χ2n) is 3.13. The fourth-order valence-electron chi connectivity index (χ4n) is 1.00. The van der Waals surface area contributed by atoms with Gasteiger partial charge in [-0.3, -0.25) is 0 Å². The van der Waals surface area contributed by atoms with Gasteiger partial charge in [0.05, 0.1) is 17.8 Å². The maximum atomic E-state index is 11.9. The van der Waals surface area contributed by atoms with Crippen molar-refractivity contribution in [2.24, 2.45) is 0 Å². The number of nitrogen functional groups attached to an aromatic ring is 1. The molecule has 8 heteroatoms. The number of aromatic nitrogens is 2. The lowest BCUT2D eigenvalue weighted by atomic mass is 10.3. The highest BCUT2D eigenvalue weighted by atomic mass is 35.5. The van der Waals surface area contributed by atoms with E-state index in [2.05, 4.69) is 15.3 Å². The Balaban J connectivity index is 2.67. The van der Waals surface area contributed by atoms with Gasteiger partial charge in [-0.15, -0.1) is 0 Å². The molecule has 3 N–H and O–H groups in total. The zero-order valence-corrected chi connectivity index (χ0v) is 9.15. The zero-order chi connectivity index (χ0) is 12.3. The number of alkyl halides is 3. The number of nitrogens with zero attached hydrogens (tertiary/aromatic N) is 2. The van der Waals surface area contributed by atoms with E-state index in [9.17, 15) is 13.2 Å². The Labute approximate surface area is 95.0 Å². The number of hydrogen-bond acceptors (Lipinski definition) is 4. The van der Waals surface area contributed by atoms with E-state index in [1.165, 1.54) is 0 Å². The summed E-state index contributed by atoms with van der Waals surface area (Å²) in [4.78, 5) is 7.46. The van der Waals surface area contributed by atoms with Crippen molar-refractivity contribution in [2.75, 3.05) is 17.6 Å². The number of nitrogens with one attached hydrogen (secondary N) is 1. The fraction of sp³-hybridized carbons (Fsp3) is 0.500. The summed E-state index contributed by atoms with van der Waals surface area (Å²) in [5.41, 5.74) is 6.20. The second-order valence-corrected chi connectivity index (χ2v) is 3.47. The summed E-state index contributed by atoms with van der Waals surface area (Å²) >= 11 is 5.55. The van der Waals surface area contributed by atoms with Gasteiger partial charge in [0.2, 0.25) is 5.28 Å². The van der Waals surface area contributed by atoms with Crippen LogP contribution in [0.25, 0.3) is 0 Å². The lowest BCUT2D eigenvalue weighted by molar-refractivity contribution is -0.131. The normalized spacial score (nSPS) is 11.6. The Bertz CT molecular complexity index is 380. The highest BCUT2D eigenvalue weighted by Crippen LogP contribution is 2.23.